The zero-order valence-electron chi connectivity index (χ0n) is 7.49. The Morgan fingerprint density at radius 3 is 2.54 bits per heavy atom. The number of nitrogens with zero attached hydrogens (tertiary/aromatic N) is 1. The van der Waals surface area contributed by atoms with Crippen molar-refractivity contribution in [1.82, 2.24) is 0 Å². The van der Waals surface area contributed by atoms with Crippen LogP contribution in [0.15, 0.2) is 29.3 Å². The second kappa shape index (κ2) is 5.88. The van der Waals surface area contributed by atoms with Crippen LogP contribution < -0.4 is 5.73 Å². The number of primary amides is 1. The van der Waals surface area contributed by atoms with Gasteiger partial charge in [0.1, 0.15) is 0 Å². The first kappa shape index (κ1) is 11.3. The summed E-state index contributed by atoms with van der Waals surface area (Å²) in [6.45, 7) is 4.89. The van der Waals surface area contributed by atoms with E-state index in [0.29, 0.717) is 0 Å². The lowest BCUT2D eigenvalue weighted by molar-refractivity contribution is -0.116. The molecule has 0 aromatic rings. The van der Waals surface area contributed by atoms with Gasteiger partial charge in [-0.15, -0.1) is 0 Å². The highest BCUT2D eigenvalue weighted by Crippen LogP contribution is 1.89. The van der Waals surface area contributed by atoms with Gasteiger partial charge in [0.05, 0.1) is 12.1 Å². The van der Waals surface area contributed by atoms with Crippen LogP contribution in [-0.2, 0) is 9.59 Å². The van der Waals surface area contributed by atoms with Crippen molar-refractivity contribution in [2.45, 2.75) is 6.92 Å². The minimum atomic E-state index is -0.591. The van der Waals surface area contributed by atoms with E-state index < -0.39 is 5.91 Å². The second-order valence-electron chi connectivity index (χ2n) is 2.39. The summed E-state index contributed by atoms with van der Waals surface area (Å²) in [5.74, 6) is -0.661. The molecule has 0 aromatic heterocycles. The lowest BCUT2D eigenvalue weighted by Gasteiger charge is -1.92. The zero-order valence-corrected chi connectivity index (χ0v) is 7.49. The molecule has 0 aliphatic heterocycles. The molecule has 70 valence electrons. The van der Waals surface area contributed by atoms with Crippen LogP contribution in [0.1, 0.15) is 6.92 Å². The molecule has 4 heteroatoms. The predicted molar refractivity (Wildman–Crippen MR) is 51.5 cm³/mol. The van der Waals surface area contributed by atoms with E-state index in [0.717, 1.165) is 0 Å². The first-order valence-electron chi connectivity index (χ1n) is 3.69. The molecule has 0 rings (SSSR count). The predicted octanol–water partition coefficient (Wildman–Crippen LogP) is 0.244. The third-order valence-electron chi connectivity index (χ3n) is 1.13. The molecule has 0 saturated carbocycles. The molecule has 0 heterocycles. The van der Waals surface area contributed by atoms with Gasteiger partial charge in [-0.2, -0.15) is 0 Å². The van der Waals surface area contributed by atoms with E-state index in [1.165, 1.54) is 25.3 Å². The van der Waals surface area contributed by atoms with Gasteiger partial charge in [-0.05, 0) is 13.0 Å². The summed E-state index contributed by atoms with van der Waals surface area (Å²) in [7, 11) is 0. The molecular weight excluding hydrogens is 168 g/mol. The highest BCUT2D eigenvalue weighted by Gasteiger charge is 1.98. The van der Waals surface area contributed by atoms with Crippen molar-refractivity contribution >= 4 is 17.9 Å². The lowest BCUT2D eigenvalue weighted by Crippen LogP contribution is -2.15. The van der Waals surface area contributed by atoms with Crippen molar-refractivity contribution in [1.29, 1.82) is 0 Å². The number of carbonyl (C=O) groups is 2. The fourth-order valence-corrected chi connectivity index (χ4v) is 0.588. The number of nitrogens with two attached hydrogens (primary N) is 1. The summed E-state index contributed by atoms with van der Waals surface area (Å²) in [5.41, 5.74) is 5.24. The van der Waals surface area contributed by atoms with E-state index in [1.54, 1.807) is 0 Å². The number of rotatable bonds is 5. The average molecular weight is 180 g/mol. The Labute approximate surface area is 76.8 Å². The molecule has 13 heavy (non-hydrogen) atoms. The van der Waals surface area contributed by atoms with Gasteiger partial charge in [0.2, 0.25) is 5.91 Å². The van der Waals surface area contributed by atoms with Gasteiger partial charge in [-0.1, -0.05) is 12.7 Å². The molecule has 1 amide bonds. The lowest BCUT2D eigenvalue weighted by atomic mass is 10.2. The smallest absolute Gasteiger partial charge is 0.250 e. The van der Waals surface area contributed by atoms with Crippen molar-refractivity contribution in [3.8, 4) is 0 Å². The van der Waals surface area contributed by atoms with E-state index in [9.17, 15) is 9.59 Å². The molecule has 0 unspecified atom stereocenters. The molecule has 0 aliphatic rings. The van der Waals surface area contributed by atoms with Gasteiger partial charge in [-0.25, -0.2) is 0 Å². The van der Waals surface area contributed by atoms with Gasteiger partial charge in [-0.3, -0.25) is 14.6 Å². The van der Waals surface area contributed by atoms with Crippen LogP contribution in [0.5, 0.6) is 0 Å². The Morgan fingerprint density at radius 1 is 1.54 bits per heavy atom. The third kappa shape index (κ3) is 5.55. The molecule has 4 nitrogen and oxygen atoms in total. The Balaban J connectivity index is 4.35. The fraction of sp³-hybridized carbons (Fsp3) is 0.222. The highest BCUT2D eigenvalue weighted by atomic mass is 16.1. The van der Waals surface area contributed by atoms with E-state index in [4.69, 9.17) is 5.73 Å². The number of aliphatic imine (C=N–C) groups is 1. The molecule has 2 N–H and O–H groups in total. The van der Waals surface area contributed by atoms with Gasteiger partial charge in [0.25, 0.3) is 0 Å². The van der Waals surface area contributed by atoms with Crippen LogP contribution in [0, 0.1) is 0 Å². The number of carbonyl (C=O) groups excluding carboxylic acids is 2. The largest absolute Gasteiger partial charge is 0.366 e. The fourth-order valence-electron chi connectivity index (χ4n) is 0.588. The maximum absolute atomic E-state index is 10.7. The number of allylic oxidation sites excluding steroid dienone is 2. The standard InChI is InChI=1S/C9H12N2O2/c1-3-4-8(9(10)13)6-11-5-7(2)12/h3-4,6H,1,5H2,2H3,(H2,10,13)/b8-4+,11-6?. The Bertz CT molecular complexity index is 277. The van der Waals surface area contributed by atoms with Crippen LogP contribution in [-0.4, -0.2) is 24.4 Å². The van der Waals surface area contributed by atoms with Gasteiger partial charge in [0.15, 0.2) is 5.78 Å². The van der Waals surface area contributed by atoms with Crippen LogP contribution in [0.3, 0.4) is 0 Å². The van der Waals surface area contributed by atoms with Crippen LogP contribution in [0.2, 0.25) is 0 Å². The van der Waals surface area contributed by atoms with Crippen molar-refractivity contribution in [3.63, 3.8) is 0 Å². The quantitative estimate of drug-likeness (QED) is 0.374. The summed E-state index contributed by atoms with van der Waals surface area (Å²) in [4.78, 5) is 24.9. The van der Waals surface area contributed by atoms with Gasteiger partial charge in [0, 0.05) is 6.21 Å². The minimum Gasteiger partial charge on any atom is -0.366 e. The van der Waals surface area contributed by atoms with Crippen molar-refractivity contribution in [2.75, 3.05) is 6.54 Å². The molecule has 0 radical (unpaired) electrons. The highest BCUT2D eigenvalue weighted by molar-refractivity contribution is 6.11. The van der Waals surface area contributed by atoms with E-state index in [-0.39, 0.29) is 17.9 Å². The molecule has 0 bridgehead atoms. The van der Waals surface area contributed by atoms with Crippen LogP contribution >= 0.6 is 0 Å². The van der Waals surface area contributed by atoms with E-state index in [1.807, 2.05) is 0 Å². The van der Waals surface area contributed by atoms with Crippen molar-refractivity contribution < 1.29 is 9.59 Å². The van der Waals surface area contributed by atoms with Crippen LogP contribution in [0.25, 0.3) is 0 Å². The van der Waals surface area contributed by atoms with E-state index in [2.05, 4.69) is 11.6 Å². The van der Waals surface area contributed by atoms with Crippen molar-refractivity contribution in [3.05, 3.63) is 24.3 Å². The van der Waals surface area contributed by atoms with Gasteiger partial charge >= 0.3 is 0 Å². The number of amides is 1. The Hall–Kier alpha value is -1.71. The number of hydrogen-bond acceptors (Lipinski definition) is 3. The maximum Gasteiger partial charge on any atom is 0.250 e. The molecule has 0 aliphatic carbocycles. The third-order valence-corrected chi connectivity index (χ3v) is 1.13. The number of ketones is 1. The average Bonchev–Trinajstić information content (AvgIpc) is 2.02. The zero-order chi connectivity index (χ0) is 10.3. The van der Waals surface area contributed by atoms with Crippen molar-refractivity contribution in [2.24, 2.45) is 10.7 Å². The molecular formula is C9H12N2O2. The second-order valence-corrected chi connectivity index (χ2v) is 2.39. The molecule has 0 atom stereocenters. The number of Topliss-reactive ketones (excluding diaryl/α,β-unsaturated/α-hetero) is 1. The van der Waals surface area contributed by atoms with Gasteiger partial charge < -0.3 is 5.73 Å². The topological polar surface area (TPSA) is 72.5 Å². The van der Waals surface area contributed by atoms with E-state index >= 15 is 0 Å². The molecule has 0 aromatic carbocycles. The Kier molecular flexibility index (Phi) is 5.11. The molecule has 0 fully saturated rings. The summed E-state index contributed by atoms with van der Waals surface area (Å²) >= 11 is 0. The monoisotopic (exact) mass is 180 g/mol. The first-order valence-corrected chi connectivity index (χ1v) is 3.69. The summed E-state index contributed by atoms with van der Waals surface area (Å²) in [6, 6.07) is 0. The first-order chi connectivity index (χ1) is 6.07. The molecule has 0 spiro atoms. The number of hydrogen-bond donors (Lipinski definition) is 1. The summed E-state index contributed by atoms with van der Waals surface area (Å²) < 4.78 is 0. The van der Waals surface area contributed by atoms with Crippen LogP contribution in [0.4, 0.5) is 0 Å². The minimum absolute atomic E-state index is 0.0573. The molecule has 0 saturated heterocycles. The summed E-state index contributed by atoms with van der Waals surface area (Å²) in [6.07, 6.45) is 4.14. The Morgan fingerprint density at radius 2 is 2.15 bits per heavy atom. The SMILES string of the molecule is C=C/C=C(\C=NCC(C)=O)C(N)=O. The normalized spacial score (nSPS) is 11.6. The summed E-state index contributed by atoms with van der Waals surface area (Å²) in [5, 5.41) is 0. The maximum atomic E-state index is 10.7.